The van der Waals surface area contributed by atoms with Gasteiger partial charge in [0, 0.05) is 28.2 Å². The Labute approximate surface area is 122 Å². The highest BCUT2D eigenvalue weighted by Crippen LogP contribution is 2.05. The van der Waals surface area contributed by atoms with Crippen molar-refractivity contribution in [3.63, 3.8) is 0 Å². The summed E-state index contributed by atoms with van der Waals surface area (Å²) in [7, 11) is 8.03. The second-order valence-electron chi connectivity index (χ2n) is 4.39. The zero-order valence-corrected chi connectivity index (χ0v) is 13.6. The van der Waals surface area contributed by atoms with E-state index in [0.29, 0.717) is 0 Å². The van der Waals surface area contributed by atoms with E-state index < -0.39 is 0 Å². The van der Waals surface area contributed by atoms with E-state index in [2.05, 4.69) is 36.2 Å². The highest BCUT2D eigenvalue weighted by atomic mass is 127. The molecule has 1 aromatic carbocycles. The number of aliphatic imine (C=N–C) groups is 1. The van der Waals surface area contributed by atoms with Crippen molar-refractivity contribution >= 4 is 29.9 Å². The van der Waals surface area contributed by atoms with Gasteiger partial charge in [-0.2, -0.15) is 0 Å². The maximum absolute atomic E-state index is 4.59. The van der Waals surface area contributed by atoms with Crippen molar-refractivity contribution in [1.82, 2.24) is 9.80 Å². The Morgan fingerprint density at radius 2 is 1.47 bits per heavy atom. The van der Waals surface area contributed by atoms with Crippen LogP contribution in [0, 0.1) is 6.92 Å². The summed E-state index contributed by atoms with van der Waals surface area (Å²) in [6.07, 6.45) is 0. The molecule has 1 aromatic rings. The molecule has 0 N–H and O–H groups in total. The highest BCUT2D eigenvalue weighted by molar-refractivity contribution is 14.0. The minimum Gasteiger partial charge on any atom is -0.349 e. The fourth-order valence-electron chi connectivity index (χ4n) is 1.54. The van der Waals surface area contributed by atoms with Gasteiger partial charge < -0.3 is 9.80 Å². The Morgan fingerprint density at radius 1 is 1.00 bits per heavy atom. The number of hydrogen-bond acceptors (Lipinski definition) is 1. The minimum atomic E-state index is 0. The van der Waals surface area contributed by atoms with Gasteiger partial charge in [-0.05, 0) is 12.5 Å². The topological polar surface area (TPSA) is 18.8 Å². The summed E-state index contributed by atoms with van der Waals surface area (Å²) in [6.45, 7) is 2.82. The molecule has 0 spiro atoms. The van der Waals surface area contributed by atoms with Crippen molar-refractivity contribution in [2.45, 2.75) is 13.5 Å². The smallest absolute Gasteiger partial charge is 0.195 e. The first-order valence-electron chi connectivity index (χ1n) is 5.45. The maximum atomic E-state index is 4.59. The van der Waals surface area contributed by atoms with Crippen molar-refractivity contribution in [2.75, 3.05) is 28.2 Å². The fraction of sp³-hybridized carbons (Fsp3) is 0.462. The number of hydrogen-bond donors (Lipinski definition) is 0. The molecule has 0 aromatic heterocycles. The van der Waals surface area contributed by atoms with Crippen LogP contribution in [-0.2, 0) is 6.54 Å². The van der Waals surface area contributed by atoms with Gasteiger partial charge >= 0.3 is 0 Å². The summed E-state index contributed by atoms with van der Waals surface area (Å²) in [4.78, 5) is 8.64. The summed E-state index contributed by atoms with van der Waals surface area (Å²) in [6, 6.07) is 8.50. The first-order chi connectivity index (χ1) is 7.50. The molecule has 4 heteroatoms. The van der Waals surface area contributed by atoms with Crippen LogP contribution in [0.1, 0.15) is 11.1 Å². The molecule has 0 saturated heterocycles. The SMILES string of the molecule is Cc1ccc(CN=C(N(C)C)N(C)C)cc1.I. The molecule has 0 atom stereocenters. The average Bonchev–Trinajstić information content (AvgIpc) is 2.20. The predicted octanol–water partition coefficient (Wildman–Crippen LogP) is 2.59. The number of rotatable bonds is 2. The fourth-order valence-corrected chi connectivity index (χ4v) is 1.54. The van der Waals surface area contributed by atoms with Crippen molar-refractivity contribution in [1.29, 1.82) is 0 Å². The lowest BCUT2D eigenvalue weighted by Gasteiger charge is -2.22. The largest absolute Gasteiger partial charge is 0.349 e. The molecule has 0 heterocycles. The van der Waals surface area contributed by atoms with Crippen LogP contribution in [0.3, 0.4) is 0 Å². The molecule has 0 amide bonds. The van der Waals surface area contributed by atoms with Crippen LogP contribution >= 0.6 is 24.0 Å². The lowest BCUT2D eigenvalue weighted by atomic mass is 10.1. The molecule has 0 unspecified atom stereocenters. The summed E-state index contributed by atoms with van der Waals surface area (Å²) < 4.78 is 0. The Hall–Kier alpha value is -0.780. The average molecular weight is 347 g/mol. The molecule has 1 rings (SSSR count). The van der Waals surface area contributed by atoms with Crippen molar-refractivity contribution in [2.24, 2.45) is 4.99 Å². The lowest BCUT2D eigenvalue weighted by Crippen LogP contribution is -2.35. The maximum Gasteiger partial charge on any atom is 0.195 e. The van der Waals surface area contributed by atoms with Gasteiger partial charge in [0.2, 0.25) is 0 Å². The van der Waals surface area contributed by atoms with Crippen LogP contribution in [0.4, 0.5) is 0 Å². The second kappa shape index (κ2) is 7.53. The zero-order chi connectivity index (χ0) is 12.1. The number of aryl methyl sites for hydroxylation is 1. The van der Waals surface area contributed by atoms with E-state index in [0.717, 1.165) is 12.5 Å². The molecule has 0 bridgehead atoms. The van der Waals surface area contributed by atoms with Crippen LogP contribution in [-0.4, -0.2) is 44.0 Å². The summed E-state index contributed by atoms with van der Waals surface area (Å²) in [5, 5.41) is 0. The van der Waals surface area contributed by atoms with E-state index in [-0.39, 0.29) is 24.0 Å². The monoisotopic (exact) mass is 347 g/mol. The Bertz CT molecular complexity index is 345. The molecule has 3 nitrogen and oxygen atoms in total. The number of benzene rings is 1. The third-order valence-electron chi connectivity index (χ3n) is 2.32. The van der Waals surface area contributed by atoms with Crippen molar-refractivity contribution in [3.8, 4) is 0 Å². The molecule has 0 aliphatic carbocycles. The van der Waals surface area contributed by atoms with E-state index in [1.54, 1.807) is 0 Å². The van der Waals surface area contributed by atoms with Crippen LogP contribution in [0.2, 0.25) is 0 Å². The van der Waals surface area contributed by atoms with Crippen LogP contribution in [0.15, 0.2) is 29.3 Å². The molecule has 0 radical (unpaired) electrons. The predicted molar refractivity (Wildman–Crippen MR) is 85.1 cm³/mol. The van der Waals surface area contributed by atoms with Gasteiger partial charge in [0.15, 0.2) is 5.96 Å². The first kappa shape index (κ1) is 16.2. The Kier molecular flexibility index (Phi) is 7.18. The molecule has 17 heavy (non-hydrogen) atoms. The number of halogens is 1. The molecule has 0 fully saturated rings. The first-order valence-corrected chi connectivity index (χ1v) is 5.45. The van der Waals surface area contributed by atoms with Crippen LogP contribution in [0.25, 0.3) is 0 Å². The third-order valence-corrected chi connectivity index (χ3v) is 2.32. The lowest BCUT2D eigenvalue weighted by molar-refractivity contribution is 0.479. The van der Waals surface area contributed by atoms with E-state index in [9.17, 15) is 0 Å². The minimum absolute atomic E-state index is 0. The molecular formula is C13H22IN3. The van der Waals surface area contributed by atoms with Gasteiger partial charge in [0.25, 0.3) is 0 Å². The molecule has 0 aliphatic rings. The van der Waals surface area contributed by atoms with E-state index >= 15 is 0 Å². The standard InChI is InChI=1S/C13H21N3.HI/c1-11-6-8-12(9-7-11)10-14-13(15(2)3)16(4)5;/h6-9H,10H2,1-5H3;1H. The summed E-state index contributed by atoms with van der Waals surface area (Å²) in [5.74, 6) is 0.987. The Morgan fingerprint density at radius 3 is 1.88 bits per heavy atom. The van der Waals surface area contributed by atoms with E-state index in [1.807, 2.05) is 38.0 Å². The summed E-state index contributed by atoms with van der Waals surface area (Å²) >= 11 is 0. The van der Waals surface area contributed by atoms with E-state index in [4.69, 9.17) is 0 Å². The third kappa shape index (κ3) is 5.39. The normalized spacial score (nSPS) is 9.24. The van der Waals surface area contributed by atoms with Gasteiger partial charge in [0.1, 0.15) is 0 Å². The number of guanidine groups is 1. The van der Waals surface area contributed by atoms with Gasteiger partial charge in [-0.1, -0.05) is 29.8 Å². The van der Waals surface area contributed by atoms with Crippen LogP contribution < -0.4 is 0 Å². The molecule has 0 saturated carbocycles. The second-order valence-corrected chi connectivity index (χ2v) is 4.39. The molecule has 0 aliphatic heterocycles. The molecular weight excluding hydrogens is 325 g/mol. The van der Waals surface area contributed by atoms with Crippen LogP contribution in [0.5, 0.6) is 0 Å². The van der Waals surface area contributed by atoms with Gasteiger partial charge in [-0.25, -0.2) is 4.99 Å². The van der Waals surface area contributed by atoms with Gasteiger partial charge in [0.05, 0.1) is 6.54 Å². The number of nitrogens with zero attached hydrogens (tertiary/aromatic N) is 3. The highest BCUT2D eigenvalue weighted by Gasteiger charge is 2.03. The zero-order valence-electron chi connectivity index (χ0n) is 11.3. The molecule has 96 valence electrons. The quantitative estimate of drug-likeness (QED) is 0.465. The Balaban J connectivity index is 0.00000256. The van der Waals surface area contributed by atoms with Gasteiger partial charge in [-0.15, -0.1) is 24.0 Å². The van der Waals surface area contributed by atoms with E-state index in [1.165, 1.54) is 11.1 Å². The van der Waals surface area contributed by atoms with Crippen molar-refractivity contribution in [3.05, 3.63) is 35.4 Å². The van der Waals surface area contributed by atoms with Gasteiger partial charge in [-0.3, -0.25) is 0 Å². The summed E-state index contributed by atoms with van der Waals surface area (Å²) in [5.41, 5.74) is 2.53. The van der Waals surface area contributed by atoms with Crippen molar-refractivity contribution < 1.29 is 0 Å².